The number of carboxylic acids is 1. The Morgan fingerprint density at radius 2 is 1.73 bits per heavy atom. The molecule has 8 heteroatoms. The minimum atomic E-state index is -0.752. The van der Waals surface area contributed by atoms with E-state index < -0.39 is 11.4 Å². The van der Waals surface area contributed by atoms with Crippen LogP contribution >= 0.6 is 0 Å². The number of hydrogen-bond acceptors (Lipinski definition) is 6. The summed E-state index contributed by atoms with van der Waals surface area (Å²) in [5, 5.41) is 17.2. The van der Waals surface area contributed by atoms with Crippen molar-refractivity contribution in [3.05, 3.63) is 102 Å². The Morgan fingerprint density at radius 1 is 1.02 bits per heavy atom. The number of ether oxygens (including phenoxy) is 1. The van der Waals surface area contributed by atoms with E-state index in [1.165, 1.54) is 12.1 Å². The molecular weight excluding hydrogens is 509 g/mol. The second kappa shape index (κ2) is 10.1. The smallest absolute Gasteiger partial charge is 0.314 e. The molecule has 1 aliphatic heterocycles. The van der Waals surface area contributed by atoms with Crippen molar-refractivity contribution in [1.29, 1.82) is 0 Å². The average molecular weight is 538 g/mol. The van der Waals surface area contributed by atoms with Gasteiger partial charge in [0.15, 0.2) is 6.10 Å². The van der Waals surface area contributed by atoms with Crippen LogP contribution in [-0.2, 0) is 15.0 Å². The van der Waals surface area contributed by atoms with Crippen molar-refractivity contribution in [2.75, 3.05) is 12.4 Å². The van der Waals surface area contributed by atoms with Crippen molar-refractivity contribution in [3.8, 4) is 28.1 Å². The van der Waals surface area contributed by atoms with Gasteiger partial charge in [-0.25, -0.2) is 9.37 Å². The molecule has 0 saturated heterocycles. The molecule has 2 unspecified atom stereocenters. The fourth-order valence-electron chi connectivity index (χ4n) is 5.21. The molecule has 1 aliphatic carbocycles. The van der Waals surface area contributed by atoms with Crippen LogP contribution in [0.2, 0.25) is 0 Å². The molecule has 2 aliphatic rings. The lowest BCUT2D eigenvalue weighted by molar-refractivity contribution is -0.140. The Labute approximate surface area is 231 Å². The lowest BCUT2D eigenvalue weighted by Crippen LogP contribution is -2.31. The number of pyridine rings is 1. The van der Waals surface area contributed by atoms with Crippen molar-refractivity contribution in [1.82, 2.24) is 4.98 Å². The first kappa shape index (κ1) is 25.6. The van der Waals surface area contributed by atoms with Gasteiger partial charge in [0.2, 0.25) is 0 Å². The largest absolute Gasteiger partial charge is 0.496 e. The first-order valence-electron chi connectivity index (χ1n) is 13.1. The van der Waals surface area contributed by atoms with E-state index >= 15 is 0 Å². The van der Waals surface area contributed by atoms with Gasteiger partial charge in [-0.2, -0.15) is 0 Å². The van der Waals surface area contributed by atoms with Gasteiger partial charge in [-0.15, -0.1) is 0 Å². The van der Waals surface area contributed by atoms with Crippen LogP contribution in [0.4, 0.5) is 10.2 Å². The van der Waals surface area contributed by atoms with E-state index in [-0.39, 0.29) is 18.0 Å². The normalized spacial score (nSPS) is 18.9. The zero-order valence-corrected chi connectivity index (χ0v) is 22.1. The summed E-state index contributed by atoms with van der Waals surface area (Å²) in [4.78, 5) is 22.1. The average Bonchev–Trinajstić information content (AvgIpc) is 3.72. The van der Waals surface area contributed by atoms with Crippen molar-refractivity contribution in [3.63, 3.8) is 0 Å². The second-order valence-electron chi connectivity index (χ2n) is 10.2. The maximum atomic E-state index is 14.0. The molecule has 2 atom stereocenters. The summed E-state index contributed by atoms with van der Waals surface area (Å²) in [6, 6.07) is 25.5. The van der Waals surface area contributed by atoms with Crippen LogP contribution in [0.3, 0.4) is 0 Å². The number of oxime groups is 1. The second-order valence-corrected chi connectivity index (χ2v) is 10.2. The molecule has 3 aromatic carbocycles. The van der Waals surface area contributed by atoms with Crippen molar-refractivity contribution in [2.45, 2.75) is 37.3 Å². The van der Waals surface area contributed by atoms with Crippen LogP contribution < -0.4 is 10.1 Å². The quantitative estimate of drug-likeness (QED) is 0.263. The zero-order valence-electron chi connectivity index (χ0n) is 22.1. The number of halogens is 1. The number of carboxylic acid groups (broad SMARTS) is 1. The van der Waals surface area contributed by atoms with E-state index in [9.17, 15) is 14.3 Å². The predicted molar refractivity (Wildman–Crippen MR) is 151 cm³/mol. The molecule has 0 spiro atoms. The third-order valence-corrected chi connectivity index (χ3v) is 7.72. The van der Waals surface area contributed by atoms with Gasteiger partial charge in [-0.3, -0.25) is 4.79 Å². The molecule has 0 amide bonds. The van der Waals surface area contributed by atoms with Crippen LogP contribution in [0.15, 0.2) is 90.1 Å². The van der Waals surface area contributed by atoms with E-state index in [4.69, 9.17) is 14.6 Å². The molecule has 4 aromatic rings. The number of anilines is 1. The standard InChI is InChI=1S/C32H28FN3O4/c1-19-29(35-28-5-3-4-26(34-28)25-18-24(33)14-15-27(25)39-2)30(40-36-19)22-8-6-20(7-9-22)21-10-12-23(13-11-21)32(16-17-32)31(37)38/h3-15,18,29-30H,16-17H2,1-2H3,(H,34,35)(H,37,38). The summed E-state index contributed by atoms with van der Waals surface area (Å²) >= 11 is 0. The molecule has 2 heterocycles. The van der Waals surface area contributed by atoms with Crippen LogP contribution in [0.1, 0.15) is 37.0 Å². The van der Waals surface area contributed by atoms with Gasteiger partial charge in [-0.1, -0.05) is 59.8 Å². The molecule has 2 N–H and O–H groups in total. The molecule has 40 heavy (non-hydrogen) atoms. The number of nitrogens with zero attached hydrogens (tertiary/aromatic N) is 2. The Bertz CT molecular complexity index is 1600. The van der Waals surface area contributed by atoms with Gasteiger partial charge in [0.1, 0.15) is 23.4 Å². The maximum Gasteiger partial charge on any atom is 0.314 e. The molecule has 6 rings (SSSR count). The lowest BCUT2D eigenvalue weighted by atomic mass is 9.93. The van der Waals surface area contributed by atoms with Crippen LogP contribution in [0.25, 0.3) is 22.4 Å². The van der Waals surface area contributed by atoms with Gasteiger partial charge in [0, 0.05) is 5.56 Å². The SMILES string of the molecule is COc1ccc(F)cc1-c1cccc(NC2C(C)=NOC2c2ccc(-c3ccc(C4(C(=O)O)CC4)cc3)cc2)n1. The summed E-state index contributed by atoms with van der Waals surface area (Å²) < 4.78 is 19.4. The summed E-state index contributed by atoms with van der Waals surface area (Å²) in [5.74, 6) is 0.0204. The molecule has 7 nitrogen and oxygen atoms in total. The molecule has 0 radical (unpaired) electrons. The van der Waals surface area contributed by atoms with Crippen molar-refractivity contribution < 1.29 is 23.9 Å². The molecule has 1 fully saturated rings. The third kappa shape index (κ3) is 4.66. The van der Waals surface area contributed by atoms with Gasteiger partial charge in [0.25, 0.3) is 0 Å². The number of nitrogens with one attached hydrogen (secondary N) is 1. The van der Waals surface area contributed by atoms with E-state index in [1.807, 2.05) is 73.7 Å². The Balaban J connectivity index is 1.20. The molecule has 202 valence electrons. The highest BCUT2D eigenvalue weighted by Gasteiger charge is 2.51. The molecule has 1 aromatic heterocycles. The number of hydrogen-bond donors (Lipinski definition) is 2. The van der Waals surface area contributed by atoms with E-state index in [2.05, 4.69) is 10.5 Å². The predicted octanol–water partition coefficient (Wildman–Crippen LogP) is 6.61. The highest BCUT2D eigenvalue weighted by molar-refractivity contribution is 5.91. The molecule has 1 saturated carbocycles. The monoisotopic (exact) mass is 537 g/mol. The van der Waals surface area contributed by atoms with Crippen LogP contribution in [0.5, 0.6) is 5.75 Å². The molecule has 0 bridgehead atoms. The van der Waals surface area contributed by atoms with E-state index in [0.29, 0.717) is 35.7 Å². The van der Waals surface area contributed by atoms with Crippen LogP contribution in [0, 0.1) is 5.82 Å². The summed E-state index contributed by atoms with van der Waals surface area (Å²) in [6.07, 6.45) is 1.01. The first-order valence-corrected chi connectivity index (χ1v) is 13.1. The fraction of sp³-hybridized carbons (Fsp3) is 0.219. The van der Waals surface area contributed by atoms with Gasteiger partial charge >= 0.3 is 5.97 Å². The third-order valence-electron chi connectivity index (χ3n) is 7.72. The van der Waals surface area contributed by atoms with Crippen molar-refractivity contribution in [2.24, 2.45) is 5.16 Å². The summed E-state index contributed by atoms with van der Waals surface area (Å²) in [6.45, 7) is 1.90. The van der Waals surface area contributed by atoms with Gasteiger partial charge in [0.05, 0.1) is 23.9 Å². The van der Waals surface area contributed by atoms with E-state index in [1.54, 1.807) is 13.2 Å². The topological polar surface area (TPSA) is 93.0 Å². The zero-order chi connectivity index (χ0) is 27.9. The number of aromatic nitrogens is 1. The van der Waals surface area contributed by atoms with Gasteiger partial charge < -0.3 is 20.0 Å². The Morgan fingerprint density at radius 3 is 2.38 bits per heavy atom. The number of benzene rings is 3. The number of aliphatic carboxylic acids is 1. The Kier molecular flexibility index (Phi) is 6.46. The summed E-state index contributed by atoms with van der Waals surface area (Å²) in [7, 11) is 1.54. The first-order chi connectivity index (χ1) is 19.4. The fourth-order valence-corrected chi connectivity index (χ4v) is 5.21. The Hall–Kier alpha value is -4.72. The minimum Gasteiger partial charge on any atom is -0.496 e. The number of methoxy groups -OCH3 is 1. The highest BCUT2D eigenvalue weighted by Crippen LogP contribution is 2.48. The highest BCUT2D eigenvalue weighted by atomic mass is 19.1. The van der Waals surface area contributed by atoms with Crippen molar-refractivity contribution >= 4 is 17.5 Å². The summed E-state index contributed by atoms with van der Waals surface area (Å²) in [5.41, 5.74) is 5.06. The number of rotatable bonds is 8. The van der Waals surface area contributed by atoms with Gasteiger partial charge in [-0.05, 0) is 72.4 Å². The molecular formula is C32H28FN3O4. The lowest BCUT2D eigenvalue weighted by Gasteiger charge is -2.21. The maximum absolute atomic E-state index is 14.0. The van der Waals surface area contributed by atoms with E-state index in [0.717, 1.165) is 28.0 Å². The number of carbonyl (C=O) groups is 1. The van der Waals surface area contributed by atoms with Crippen LogP contribution in [-0.4, -0.2) is 34.9 Å². The minimum absolute atomic E-state index is 0.256.